The number of anilines is 6. The lowest BCUT2D eigenvalue weighted by Crippen LogP contribution is -2.18. The summed E-state index contributed by atoms with van der Waals surface area (Å²) < 4.78 is 2.41. The Balaban J connectivity index is 0.981. The molecule has 0 radical (unpaired) electrons. The van der Waals surface area contributed by atoms with Crippen molar-refractivity contribution in [2.75, 3.05) is 9.80 Å². The molecule has 0 saturated heterocycles. The van der Waals surface area contributed by atoms with Gasteiger partial charge >= 0.3 is 0 Å². The van der Waals surface area contributed by atoms with E-state index in [-0.39, 0.29) is 5.41 Å². The van der Waals surface area contributed by atoms with Gasteiger partial charge in [-0.1, -0.05) is 184 Å². The molecule has 13 rings (SSSR count). The monoisotopic (exact) mass is 869 g/mol. The molecule has 0 unspecified atom stereocenters. The summed E-state index contributed by atoms with van der Waals surface area (Å²) >= 11 is 0. The highest BCUT2D eigenvalue weighted by Crippen LogP contribution is 2.53. The van der Waals surface area contributed by atoms with Crippen molar-refractivity contribution in [2.24, 2.45) is 0 Å². The fourth-order valence-corrected chi connectivity index (χ4v) is 11.1. The Morgan fingerprint density at radius 3 is 1.46 bits per heavy atom. The van der Waals surface area contributed by atoms with Crippen molar-refractivity contribution in [3.63, 3.8) is 0 Å². The van der Waals surface area contributed by atoms with Crippen molar-refractivity contribution in [1.82, 2.24) is 4.57 Å². The number of benzene rings is 11. The van der Waals surface area contributed by atoms with Gasteiger partial charge in [0.2, 0.25) is 0 Å². The van der Waals surface area contributed by atoms with Crippen LogP contribution in [0.1, 0.15) is 25.0 Å². The van der Waals surface area contributed by atoms with Gasteiger partial charge in [-0.3, -0.25) is 0 Å². The smallest absolute Gasteiger partial charge is 0.0561 e. The molecule has 0 bridgehead atoms. The number of hydrogen-bond acceptors (Lipinski definition) is 2. The van der Waals surface area contributed by atoms with Crippen molar-refractivity contribution < 1.29 is 0 Å². The van der Waals surface area contributed by atoms with E-state index < -0.39 is 0 Å². The lowest BCUT2D eigenvalue weighted by molar-refractivity contribution is 0.660. The first-order valence-corrected chi connectivity index (χ1v) is 23.6. The second kappa shape index (κ2) is 15.8. The fourth-order valence-electron chi connectivity index (χ4n) is 11.1. The summed E-state index contributed by atoms with van der Waals surface area (Å²) in [5.74, 6) is 0. The molecule has 1 heterocycles. The molecular weight excluding hydrogens is 823 g/mol. The standard InChI is InChI=1S/C65H47N3/c1-65(2)59-41-50(34-37-55(59)56-38-35-51(42-60(56)65)68(61-32-16-22-45-20-9-11-28-53(45)61)62-33-17-23-46-21-10-12-29-54(46)62)66(49-27-15-24-47(40-49)44-18-5-3-6-19-44)52-36-39-58-57-30-13-14-31-63(57)67(64(58)43-52)48-25-7-4-8-26-48/h3-43H,1-2H3. The van der Waals surface area contributed by atoms with Gasteiger partial charge in [-0.2, -0.15) is 0 Å². The maximum atomic E-state index is 2.47. The van der Waals surface area contributed by atoms with Crippen LogP contribution in [0.4, 0.5) is 34.1 Å². The molecular formula is C65H47N3. The Kier molecular flexibility index (Phi) is 9.19. The van der Waals surface area contributed by atoms with E-state index in [4.69, 9.17) is 0 Å². The van der Waals surface area contributed by atoms with Crippen molar-refractivity contribution in [1.29, 1.82) is 0 Å². The third-order valence-electron chi connectivity index (χ3n) is 14.3. The molecule has 1 aliphatic rings. The van der Waals surface area contributed by atoms with E-state index in [9.17, 15) is 0 Å². The molecule has 0 amide bonds. The fraction of sp³-hybridized carbons (Fsp3) is 0.0462. The van der Waals surface area contributed by atoms with E-state index in [0.717, 1.165) is 39.8 Å². The van der Waals surface area contributed by atoms with Crippen LogP contribution in [0.3, 0.4) is 0 Å². The SMILES string of the molecule is CC1(C)c2cc(N(c3cccc(-c4ccccc4)c3)c3ccc4c5ccccc5n(-c5ccccc5)c4c3)ccc2-c2ccc(N(c3cccc4ccccc34)c3cccc4ccccc34)cc21. The summed E-state index contributed by atoms with van der Waals surface area (Å²) in [5.41, 5.74) is 17.5. The van der Waals surface area contributed by atoms with Gasteiger partial charge in [0.25, 0.3) is 0 Å². The molecule has 3 heteroatoms. The van der Waals surface area contributed by atoms with Crippen molar-refractivity contribution in [3.05, 3.63) is 260 Å². The van der Waals surface area contributed by atoms with E-state index in [1.807, 2.05) is 0 Å². The minimum atomic E-state index is -0.304. The van der Waals surface area contributed by atoms with Crippen LogP contribution in [0.2, 0.25) is 0 Å². The molecule has 68 heavy (non-hydrogen) atoms. The van der Waals surface area contributed by atoms with E-state index in [0.29, 0.717) is 0 Å². The molecule has 0 spiro atoms. The number of aromatic nitrogens is 1. The lowest BCUT2D eigenvalue weighted by Gasteiger charge is -2.30. The first-order chi connectivity index (χ1) is 33.5. The first kappa shape index (κ1) is 39.7. The van der Waals surface area contributed by atoms with E-state index in [2.05, 4.69) is 277 Å². The van der Waals surface area contributed by atoms with Crippen LogP contribution in [-0.4, -0.2) is 4.57 Å². The van der Waals surface area contributed by atoms with Gasteiger partial charge in [-0.15, -0.1) is 0 Å². The molecule has 322 valence electrons. The van der Waals surface area contributed by atoms with E-state index in [1.165, 1.54) is 76.7 Å². The lowest BCUT2D eigenvalue weighted by atomic mass is 9.82. The molecule has 12 aromatic rings. The zero-order chi connectivity index (χ0) is 45.3. The average molecular weight is 870 g/mol. The molecule has 1 aliphatic carbocycles. The zero-order valence-corrected chi connectivity index (χ0v) is 38.0. The quantitative estimate of drug-likeness (QED) is 0.151. The van der Waals surface area contributed by atoms with Gasteiger partial charge in [0, 0.05) is 55.4 Å². The van der Waals surface area contributed by atoms with Crippen LogP contribution in [0.25, 0.3) is 71.3 Å². The van der Waals surface area contributed by atoms with Crippen LogP contribution in [0.5, 0.6) is 0 Å². The third-order valence-corrected chi connectivity index (χ3v) is 14.3. The highest BCUT2D eigenvalue weighted by atomic mass is 15.2. The minimum absolute atomic E-state index is 0.304. The highest BCUT2D eigenvalue weighted by Gasteiger charge is 2.37. The Labute approximate surface area is 397 Å². The van der Waals surface area contributed by atoms with Crippen LogP contribution >= 0.6 is 0 Å². The number of para-hydroxylation sites is 2. The van der Waals surface area contributed by atoms with Gasteiger partial charge in [-0.25, -0.2) is 0 Å². The van der Waals surface area contributed by atoms with Gasteiger partial charge in [0.05, 0.1) is 22.4 Å². The zero-order valence-electron chi connectivity index (χ0n) is 38.0. The van der Waals surface area contributed by atoms with Gasteiger partial charge in [0.15, 0.2) is 0 Å². The van der Waals surface area contributed by atoms with Gasteiger partial charge in [0.1, 0.15) is 0 Å². The second-order valence-corrected chi connectivity index (χ2v) is 18.6. The number of rotatable bonds is 8. The second-order valence-electron chi connectivity index (χ2n) is 18.6. The summed E-state index contributed by atoms with van der Waals surface area (Å²) in [6.45, 7) is 4.80. The highest BCUT2D eigenvalue weighted by molar-refractivity contribution is 6.11. The first-order valence-electron chi connectivity index (χ1n) is 23.6. The normalized spacial score (nSPS) is 12.7. The van der Waals surface area contributed by atoms with E-state index in [1.54, 1.807) is 0 Å². The number of hydrogen-bond donors (Lipinski definition) is 0. The third kappa shape index (κ3) is 6.35. The molecule has 0 saturated carbocycles. The Morgan fingerprint density at radius 2 is 0.794 bits per heavy atom. The molecule has 1 aromatic heterocycles. The van der Waals surface area contributed by atoms with Crippen LogP contribution in [0.15, 0.2) is 249 Å². The number of fused-ring (bicyclic) bond motifs is 8. The molecule has 11 aromatic carbocycles. The summed E-state index contributed by atoms with van der Waals surface area (Å²) in [6.07, 6.45) is 0. The van der Waals surface area contributed by atoms with Crippen LogP contribution < -0.4 is 9.80 Å². The van der Waals surface area contributed by atoms with Crippen LogP contribution in [-0.2, 0) is 5.41 Å². The largest absolute Gasteiger partial charge is 0.310 e. The van der Waals surface area contributed by atoms with Crippen molar-refractivity contribution in [3.8, 4) is 27.9 Å². The summed E-state index contributed by atoms with van der Waals surface area (Å²) in [5, 5.41) is 7.34. The maximum absolute atomic E-state index is 2.47. The van der Waals surface area contributed by atoms with Crippen molar-refractivity contribution in [2.45, 2.75) is 19.3 Å². The molecule has 0 N–H and O–H groups in total. The Hall–Kier alpha value is -8.66. The maximum Gasteiger partial charge on any atom is 0.0561 e. The molecule has 0 fully saturated rings. The van der Waals surface area contributed by atoms with Gasteiger partial charge in [-0.05, 0) is 123 Å². The van der Waals surface area contributed by atoms with E-state index >= 15 is 0 Å². The average Bonchev–Trinajstić information content (AvgIpc) is 3.84. The summed E-state index contributed by atoms with van der Waals surface area (Å²) in [7, 11) is 0. The number of nitrogens with zero attached hydrogens (tertiary/aromatic N) is 3. The van der Waals surface area contributed by atoms with Crippen molar-refractivity contribution >= 4 is 77.5 Å². The summed E-state index contributed by atoms with van der Waals surface area (Å²) in [6, 6.07) is 91.2. The Morgan fingerprint density at radius 1 is 0.324 bits per heavy atom. The Bertz CT molecular complexity index is 3810. The minimum Gasteiger partial charge on any atom is -0.310 e. The molecule has 3 nitrogen and oxygen atoms in total. The molecule has 0 atom stereocenters. The van der Waals surface area contributed by atoms with Gasteiger partial charge < -0.3 is 14.4 Å². The topological polar surface area (TPSA) is 11.4 Å². The predicted octanol–water partition coefficient (Wildman–Crippen LogP) is 18.0. The predicted molar refractivity (Wildman–Crippen MR) is 288 cm³/mol. The van der Waals surface area contributed by atoms with Crippen LogP contribution in [0, 0.1) is 0 Å². The molecule has 0 aliphatic heterocycles. The summed E-state index contributed by atoms with van der Waals surface area (Å²) in [4.78, 5) is 4.92.